The van der Waals surface area contributed by atoms with E-state index in [9.17, 15) is 18.0 Å². The van der Waals surface area contributed by atoms with Crippen LogP contribution in [0.15, 0.2) is 0 Å². The van der Waals surface area contributed by atoms with E-state index in [-0.39, 0.29) is 18.1 Å². The molecule has 3 amide bonds. The SMILES string of the molecule is O=C(NOC1CCNCC12CCCC2)[C@@H]1CC[C@@H]2CN1C(=O)N2OS(=O)(=O)O. The number of nitrogens with zero attached hydrogens (tertiary/aromatic N) is 2. The molecule has 3 heterocycles. The van der Waals surface area contributed by atoms with Crippen molar-refractivity contribution in [3.05, 3.63) is 0 Å². The lowest BCUT2D eigenvalue weighted by Crippen LogP contribution is -2.54. The van der Waals surface area contributed by atoms with E-state index in [0.29, 0.717) is 17.9 Å². The summed E-state index contributed by atoms with van der Waals surface area (Å²) in [5.41, 5.74) is 2.60. The topological polar surface area (TPSA) is 138 Å². The van der Waals surface area contributed by atoms with Crippen LogP contribution < -0.4 is 10.8 Å². The first-order valence-corrected chi connectivity index (χ1v) is 11.1. The van der Waals surface area contributed by atoms with Gasteiger partial charge in [0, 0.05) is 18.5 Å². The zero-order valence-corrected chi connectivity index (χ0v) is 16.3. The fourth-order valence-electron chi connectivity index (χ4n) is 5.05. The summed E-state index contributed by atoms with van der Waals surface area (Å²) >= 11 is 0. The van der Waals surface area contributed by atoms with Crippen molar-refractivity contribution in [3.63, 3.8) is 0 Å². The molecule has 4 aliphatic rings. The quantitative estimate of drug-likeness (QED) is 0.418. The van der Waals surface area contributed by atoms with E-state index in [1.54, 1.807) is 0 Å². The highest BCUT2D eigenvalue weighted by Gasteiger charge is 2.50. The monoisotopic (exact) mass is 418 g/mol. The standard InChI is InChI=1S/C16H26N4O7S/c21-14(18-26-13-5-8-17-10-16(13)6-1-2-7-16)12-4-3-11-9-19(12)15(22)20(11)27-28(23,24)25/h11-13,17H,1-10H2,(H,18,21)(H,23,24,25)/t11-,12+,13?/m1/s1. The molecule has 28 heavy (non-hydrogen) atoms. The smallest absolute Gasteiger partial charge is 0.316 e. The van der Waals surface area contributed by atoms with Crippen molar-refractivity contribution in [3.8, 4) is 0 Å². The summed E-state index contributed by atoms with van der Waals surface area (Å²) in [4.78, 5) is 32.2. The van der Waals surface area contributed by atoms with Crippen molar-refractivity contribution in [2.45, 2.75) is 63.1 Å². The van der Waals surface area contributed by atoms with Crippen molar-refractivity contribution in [1.82, 2.24) is 20.8 Å². The number of hydrogen-bond donors (Lipinski definition) is 3. The van der Waals surface area contributed by atoms with Crippen LogP contribution in [0.2, 0.25) is 0 Å². The van der Waals surface area contributed by atoms with Crippen molar-refractivity contribution >= 4 is 22.3 Å². The maximum atomic E-state index is 12.7. The number of carbonyl (C=O) groups excluding carboxylic acids is 2. The van der Waals surface area contributed by atoms with Crippen LogP contribution >= 0.6 is 0 Å². The number of hydroxylamine groups is 3. The molecule has 1 aliphatic carbocycles. The maximum absolute atomic E-state index is 12.7. The molecule has 2 bridgehead atoms. The summed E-state index contributed by atoms with van der Waals surface area (Å²) in [5, 5.41) is 4.04. The van der Waals surface area contributed by atoms with Gasteiger partial charge in [-0.1, -0.05) is 12.8 Å². The van der Waals surface area contributed by atoms with Gasteiger partial charge >= 0.3 is 16.4 Å². The molecule has 0 aromatic carbocycles. The Bertz CT molecular complexity index is 739. The summed E-state index contributed by atoms with van der Waals surface area (Å²) < 4.78 is 35.1. The van der Waals surface area contributed by atoms with Crippen molar-refractivity contribution in [2.24, 2.45) is 5.41 Å². The molecule has 4 fully saturated rings. The predicted octanol–water partition coefficient (Wildman–Crippen LogP) is -0.0405. The third-order valence-electron chi connectivity index (χ3n) is 6.44. The average Bonchev–Trinajstić information content (AvgIpc) is 3.20. The van der Waals surface area contributed by atoms with Gasteiger partial charge in [-0.2, -0.15) is 13.5 Å². The number of hydrogen-bond acceptors (Lipinski definition) is 7. The molecule has 1 spiro atoms. The van der Waals surface area contributed by atoms with Crippen molar-refractivity contribution in [2.75, 3.05) is 19.6 Å². The molecule has 11 nitrogen and oxygen atoms in total. The Kier molecular flexibility index (Phi) is 5.25. The fourth-order valence-corrected chi connectivity index (χ4v) is 5.44. The molecule has 0 aromatic rings. The van der Waals surface area contributed by atoms with Crippen LogP contribution in [0.5, 0.6) is 0 Å². The Morgan fingerprint density at radius 1 is 1.25 bits per heavy atom. The first kappa shape index (κ1) is 19.8. The minimum atomic E-state index is -4.81. The lowest BCUT2D eigenvalue weighted by atomic mass is 9.77. The molecule has 3 N–H and O–H groups in total. The van der Waals surface area contributed by atoms with E-state index in [0.717, 1.165) is 45.2 Å². The number of urea groups is 1. The Balaban J connectivity index is 1.37. The normalized spacial score (nSPS) is 32.2. The Morgan fingerprint density at radius 2 is 2.00 bits per heavy atom. The predicted molar refractivity (Wildman–Crippen MR) is 94.8 cm³/mol. The van der Waals surface area contributed by atoms with Crippen molar-refractivity contribution < 1.29 is 31.7 Å². The van der Waals surface area contributed by atoms with Gasteiger partial charge in [0.05, 0.1) is 12.1 Å². The molecule has 158 valence electrons. The van der Waals surface area contributed by atoms with E-state index < -0.39 is 34.4 Å². The molecule has 3 aliphatic heterocycles. The summed E-state index contributed by atoms with van der Waals surface area (Å²) in [6, 6.07) is -2.04. The number of rotatable bonds is 5. The molecular weight excluding hydrogens is 392 g/mol. The molecular formula is C16H26N4O7S. The highest BCUT2D eigenvalue weighted by molar-refractivity contribution is 7.80. The molecule has 4 rings (SSSR count). The highest BCUT2D eigenvalue weighted by Crippen LogP contribution is 2.44. The number of carbonyl (C=O) groups is 2. The molecule has 1 saturated carbocycles. The van der Waals surface area contributed by atoms with Gasteiger partial charge in [-0.15, -0.1) is 4.28 Å². The second-order valence-corrected chi connectivity index (χ2v) is 9.12. The van der Waals surface area contributed by atoms with Crippen LogP contribution in [0, 0.1) is 5.41 Å². The van der Waals surface area contributed by atoms with Gasteiger partial charge in [0.15, 0.2) is 0 Å². The van der Waals surface area contributed by atoms with Gasteiger partial charge in [-0.25, -0.2) is 10.3 Å². The van der Waals surface area contributed by atoms with E-state index >= 15 is 0 Å². The number of amides is 3. The second kappa shape index (κ2) is 7.41. The van der Waals surface area contributed by atoms with E-state index in [4.69, 9.17) is 9.39 Å². The Morgan fingerprint density at radius 3 is 2.71 bits per heavy atom. The molecule has 12 heteroatoms. The lowest BCUT2D eigenvalue weighted by molar-refractivity contribution is -0.155. The van der Waals surface area contributed by atoms with Gasteiger partial charge in [-0.3, -0.25) is 14.2 Å². The molecule has 1 unspecified atom stereocenters. The van der Waals surface area contributed by atoms with Gasteiger partial charge in [0.25, 0.3) is 5.91 Å². The van der Waals surface area contributed by atoms with Gasteiger partial charge in [0.2, 0.25) is 0 Å². The first-order valence-electron chi connectivity index (χ1n) is 9.72. The minimum Gasteiger partial charge on any atom is -0.316 e. The van der Waals surface area contributed by atoms with E-state index in [1.165, 1.54) is 4.90 Å². The average molecular weight is 418 g/mol. The molecule has 0 radical (unpaired) electrons. The Labute approximate surface area is 163 Å². The summed E-state index contributed by atoms with van der Waals surface area (Å²) in [7, 11) is -4.81. The van der Waals surface area contributed by atoms with Crippen LogP contribution in [0.25, 0.3) is 0 Å². The maximum Gasteiger partial charge on any atom is 0.418 e. The second-order valence-electron chi connectivity index (χ2n) is 8.12. The number of fused-ring (bicyclic) bond motifs is 2. The summed E-state index contributed by atoms with van der Waals surface area (Å²) in [6.45, 7) is 1.87. The van der Waals surface area contributed by atoms with Crippen LogP contribution in [-0.2, 0) is 24.3 Å². The third kappa shape index (κ3) is 3.71. The summed E-state index contributed by atoms with van der Waals surface area (Å²) in [6.07, 6.45) is 5.94. The van der Waals surface area contributed by atoms with E-state index in [2.05, 4.69) is 15.1 Å². The molecule has 3 saturated heterocycles. The zero-order chi connectivity index (χ0) is 19.9. The summed E-state index contributed by atoms with van der Waals surface area (Å²) in [5.74, 6) is -0.424. The largest absolute Gasteiger partial charge is 0.418 e. The van der Waals surface area contributed by atoms with Crippen LogP contribution in [0.3, 0.4) is 0 Å². The Hall–Kier alpha value is -1.47. The molecule has 0 aromatic heterocycles. The zero-order valence-electron chi connectivity index (χ0n) is 15.5. The highest BCUT2D eigenvalue weighted by atomic mass is 32.3. The van der Waals surface area contributed by atoms with Gasteiger partial charge in [-0.05, 0) is 38.6 Å². The lowest BCUT2D eigenvalue weighted by Gasteiger charge is -2.41. The van der Waals surface area contributed by atoms with Crippen LogP contribution in [0.4, 0.5) is 4.79 Å². The fraction of sp³-hybridized carbons (Fsp3) is 0.875. The minimum absolute atomic E-state index is 0.0484. The first-order chi connectivity index (χ1) is 13.3. The van der Waals surface area contributed by atoms with Crippen LogP contribution in [0.1, 0.15) is 44.9 Å². The van der Waals surface area contributed by atoms with Gasteiger partial charge in [0.1, 0.15) is 6.04 Å². The van der Waals surface area contributed by atoms with Gasteiger partial charge < -0.3 is 10.2 Å². The number of nitrogens with one attached hydrogen (secondary N) is 2. The third-order valence-corrected chi connectivity index (χ3v) is 6.79. The number of piperidine rings is 2. The van der Waals surface area contributed by atoms with Crippen LogP contribution in [-0.4, -0.2) is 72.7 Å². The molecule has 3 atom stereocenters. The van der Waals surface area contributed by atoms with Crippen molar-refractivity contribution in [1.29, 1.82) is 0 Å². The van der Waals surface area contributed by atoms with E-state index in [1.807, 2.05) is 0 Å².